The SMILES string of the molecule is [2H]C([2H])(c1csc2cc(-c3[c-]ccc4c3oc3nc(C)ccc34)ncc12)C(C)C.[Ir].[c-]1ccccc1-c1ccccn1. The number of hydrogen-bond donors (Lipinski definition) is 0. The number of pyridine rings is 3. The second-order valence-electron chi connectivity index (χ2n) is 9.51. The minimum atomic E-state index is -1.39. The topological polar surface area (TPSA) is 51.8 Å². The van der Waals surface area contributed by atoms with E-state index in [-0.39, 0.29) is 26.0 Å². The van der Waals surface area contributed by atoms with Gasteiger partial charge in [0.1, 0.15) is 0 Å². The van der Waals surface area contributed by atoms with Crippen molar-refractivity contribution >= 4 is 43.5 Å². The molecular weight excluding hydrogens is 691 g/mol. The fourth-order valence-corrected chi connectivity index (χ4v) is 5.37. The van der Waals surface area contributed by atoms with Crippen molar-refractivity contribution in [3.8, 4) is 22.5 Å². The van der Waals surface area contributed by atoms with Crippen LogP contribution in [-0.2, 0) is 26.5 Å². The molecule has 0 aliphatic rings. The van der Waals surface area contributed by atoms with E-state index in [9.17, 15) is 0 Å². The molecule has 0 aliphatic carbocycles. The molecule has 0 saturated carbocycles. The van der Waals surface area contributed by atoms with Crippen molar-refractivity contribution in [3.63, 3.8) is 0 Å². The third-order valence-corrected chi connectivity index (χ3v) is 7.19. The van der Waals surface area contributed by atoms with Crippen molar-refractivity contribution in [2.24, 2.45) is 5.92 Å². The molecule has 40 heavy (non-hydrogen) atoms. The largest absolute Gasteiger partial charge is 0.486 e. The Labute approximate surface area is 254 Å². The van der Waals surface area contributed by atoms with E-state index in [1.54, 1.807) is 23.7 Å². The first-order valence-electron chi connectivity index (χ1n) is 13.8. The molecule has 4 nitrogen and oxygen atoms in total. The average Bonchev–Trinajstić information content (AvgIpc) is 3.59. The number of furan rings is 1. The Balaban J connectivity index is 0.000000228. The van der Waals surface area contributed by atoms with Crippen molar-refractivity contribution in [2.75, 3.05) is 0 Å². The van der Waals surface area contributed by atoms with Crippen molar-refractivity contribution < 1.29 is 27.3 Å². The van der Waals surface area contributed by atoms with Gasteiger partial charge in [-0.25, -0.2) is 4.98 Å². The summed E-state index contributed by atoms with van der Waals surface area (Å²) in [5.74, 6) is -0.117. The van der Waals surface area contributed by atoms with E-state index >= 15 is 0 Å². The van der Waals surface area contributed by atoms with Gasteiger partial charge in [-0.2, -0.15) is 0 Å². The van der Waals surface area contributed by atoms with Gasteiger partial charge < -0.3 is 14.4 Å². The number of aromatic nitrogens is 3. The molecule has 0 N–H and O–H groups in total. The Hall–Kier alpha value is -3.70. The number of rotatable bonds is 4. The van der Waals surface area contributed by atoms with Crippen LogP contribution in [0.2, 0.25) is 0 Å². The second-order valence-corrected chi connectivity index (χ2v) is 10.4. The number of thiophene rings is 1. The Morgan fingerprint density at radius 2 is 1.80 bits per heavy atom. The molecule has 0 fully saturated rings. The zero-order chi connectivity index (χ0) is 28.6. The molecule has 0 amide bonds. The van der Waals surface area contributed by atoms with E-state index in [1.807, 2.05) is 98.9 Å². The average molecular weight is 720 g/mol. The Morgan fingerprint density at radius 3 is 2.58 bits per heavy atom. The molecule has 6 heteroatoms. The normalized spacial score (nSPS) is 12.1. The number of benzene rings is 2. The quantitative estimate of drug-likeness (QED) is 0.170. The minimum Gasteiger partial charge on any atom is -0.486 e. The van der Waals surface area contributed by atoms with Crippen LogP contribution in [0.5, 0.6) is 0 Å². The van der Waals surface area contributed by atoms with E-state index in [4.69, 9.17) is 7.16 Å². The number of hydrogen-bond acceptors (Lipinski definition) is 5. The van der Waals surface area contributed by atoms with Gasteiger partial charge in [-0.1, -0.05) is 43.0 Å². The van der Waals surface area contributed by atoms with Crippen LogP contribution in [0.3, 0.4) is 0 Å². The first-order valence-corrected chi connectivity index (χ1v) is 13.7. The van der Waals surface area contributed by atoms with Crippen LogP contribution in [0, 0.1) is 25.0 Å². The van der Waals surface area contributed by atoms with Gasteiger partial charge >= 0.3 is 0 Å². The van der Waals surface area contributed by atoms with Crippen LogP contribution in [0.1, 0.15) is 27.8 Å². The fourth-order valence-electron chi connectivity index (χ4n) is 4.46. The van der Waals surface area contributed by atoms with Crippen molar-refractivity contribution in [1.29, 1.82) is 0 Å². The number of fused-ring (bicyclic) bond motifs is 4. The summed E-state index contributed by atoms with van der Waals surface area (Å²) in [6.07, 6.45) is 2.17. The Bertz CT molecular complexity index is 1930. The molecule has 0 atom stereocenters. The summed E-state index contributed by atoms with van der Waals surface area (Å²) >= 11 is 1.54. The van der Waals surface area contributed by atoms with Gasteiger partial charge in [0.05, 0.1) is 5.58 Å². The zero-order valence-corrected chi connectivity index (χ0v) is 25.4. The maximum Gasteiger partial charge on any atom is 0.216 e. The van der Waals surface area contributed by atoms with Crippen LogP contribution >= 0.6 is 11.3 Å². The second kappa shape index (κ2) is 12.2. The first-order chi connectivity index (χ1) is 19.8. The monoisotopic (exact) mass is 720 g/mol. The summed E-state index contributed by atoms with van der Waals surface area (Å²) < 4.78 is 24.0. The molecule has 7 rings (SSSR count). The van der Waals surface area contributed by atoms with E-state index in [2.05, 4.69) is 27.1 Å². The molecule has 0 aliphatic heterocycles. The fraction of sp³-hybridized carbons (Fsp3) is 0.147. The van der Waals surface area contributed by atoms with Crippen molar-refractivity contribution in [1.82, 2.24) is 15.0 Å². The molecule has 2 aromatic carbocycles. The molecule has 5 heterocycles. The summed E-state index contributed by atoms with van der Waals surface area (Å²) in [5.41, 5.74) is 6.52. The summed E-state index contributed by atoms with van der Waals surface area (Å²) in [7, 11) is 0. The van der Waals surface area contributed by atoms with Gasteiger partial charge in [0, 0.05) is 56.4 Å². The van der Waals surface area contributed by atoms with Gasteiger partial charge in [-0.05, 0) is 59.7 Å². The zero-order valence-electron chi connectivity index (χ0n) is 24.2. The molecule has 7 aromatic rings. The molecule has 0 spiro atoms. The molecule has 201 valence electrons. The van der Waals surface area contributed by atoms with Crippen molar-refractivity contribution in [2.45, 2.75) is 27.1 Å². The van der Waals surface area contributed by atoms with Crippen LogP contribution in [0.15, 0.2) is 95.0 Å². The third-order valence-electron chi connectivity index (χ3n) is 6.25. The summed E-state index contributed by atoms with van der Waals surface area (Å²) in [6, 6.07) is 30.0. The smallest absolute Gasteiger partial charge is 0.216 e. The van der Waals surface area contributed by atoms with Crippen LogP contribution < -0.4 is 0 Å². The van der Waals surface area contributed by atoms with Gasteiger partial charge in [-0.15, -0.1) is 65.4 Å². The Kier molecular flexibility index (Phi) is 7.72. The van der Waals surface area contributed by atoms with Gasteiger partial charge in [0.15, 0.2) is 0 Å². The molecule has 0 unspecified atom stereocenters. The predicted octanol–water partition coefficient (Wildman–Crippen LogP) is 9.11. The summed E-state index contributed by atoms with van der Waals surface area (Å²) in [6.45, 7) is 5.75. The first kappa shape index (κ1) is 25.3. The number of aryl methyl sites for hydroxylation is 1. The molecule has 0 saturated heterocycles. The summed E-state index contributed by atoms with van der Waals surface area (Å²) in [4.78, 5) is 13.4. The maximum absolute atomic E-state index is 8.44. The van der Waals surface area contributed by atoms with Crippen LogP contribution in [0.25, 0.3) is 54.7 Å². The van der Waals surface area contributed by atoms with Gasteiger partial charge in [0.2, 0.25) is 5.71 Å². The summed E-state index contributed by atoms with van der Waals surface area (Å²) in [5, 5.41) is 4.75. The van der Waals surface area contributed by atoms with Crippen molar-refractivity contribution in [3.05, 3.63) is 114 Å². The predicted molar refractivity (Wildman–Crippen MR) is 161 cm³/mol. The maximum atomic E-state index is 8.44. The van der Waals surface area contributed by atoms with Gasteiger partial charge in [0.25, 0.3) is 0 Å². The Morgan fingerprint density at radius 1 is 0.925 bits per heavy atom. The van der Waals surface area contributed by atoms with E-state index in [0.717, 1.165) is 54.7 Å². The van der Waals surface area contributed by atoms with E-state index < -0.39 is 6.37 Å². The minimum absolute atomic E-state index is 0. The van der Waals surface area contributed by atoms with Gasteiger partial charge in [-0.3, -0.25) is 0 Å². The van der Waals surface area contributed by atoms with E-state index in [1.165, 1.54) is 0 Å². The third kappa shape index (κ3) is 5.75. The molecule has 5 aromatic heterocycles. The number of nitrogens with zero attached hydrogens (tertiary/aromatic N) is 3. The molecule has 0 bridgehead atoms. The molecular formula is C34H27IrN3OS-2. The standard InChI is InChI=1S/C23H19N2OS.C11H8N.Ir/c1-13(2)9-15-12-27-21-10-20(24-11-19(15)21)18-6-4-5-16-17-8-7-14(3)25-23(17)26-22(16)18;1-2-6-10(7-3-1)11-8-4-5-9-12-11;/h4-5,7-8,10-13H,9H2,1-3H3;1-6,8-9H;/q2*-1;/i9D2;;. The molecule has 1 radical (unpaired) electrons. The van der Waals surface area contributed by atoms with E-state index in [0.29, 0.717) is 11.3 Å². The van der Waals surface area contributed by atoms with Crippen LogP contribution in [0.4, 0.5) is 0 Å². The van der Waals surface area contributed by atoms with Crippen LogP contribution in [-0.4, -0.2) is 15.0 Å².